The summed E-state index contributed by atoms with van der Waals surface area (Å²) in [5, 5.41) is 0. The summed E-state index contributed by atoms with van der Waals surface area (Å²) in [5.41, 5.74) is 7.60. The van der Waals surface area contributed by atoms with Crippen LogP contribution in [0.15, 0.2) is 24.4 Å². The van der Waals surface area contributed by atoms with Crippen molar-refractivity contribution in [2.45, 2.75) is 46.1 Å². The van der Waals surface area contributed by atoms with Crippen LogP contribution in [-0.2, 0) is 5.41 Å². The maximum Gasteiger partial charge on any atom is 0.165 e. The molecule has 0 amide bonds. The third kappa shape index (κ3) is 3.53. The van der Waals surface area contributed by atoms with E-state index < -0.39 is 5.82 Å². The van der Waals surface area contributed by atoms with E-state index in [1.807, 2.05) is 34.6 Å². The number of nitrogens with two attached hydrogens (primary N) is 1. The van der Waals surface area contributed by atoms with Crippen molar-refractivity contribution in [3.63, 3.8) is 0 Å². The maximum atomic E-state index is 14.1. The number of halogens is 1. The molecule has 0 bridgehead atoms. The molecular weight excluding hydrogens is 281 g/mol. The fourth-order valence-corrected chi connectivity index (χ4v) is 2.10. The summed E-state index contributed by atoms with van der Waals surface area (Å²) < 4.78 is 19.5. The number of anilines is 1. The zero-order valence-electron chi connectivity index (χ0n) is 13.6. The predicted molar refractivity (Wildman–Crippen MR) is 86.3 cm³/mol. The minimum atomic E-state index is -0.415. The average molecular weight is 303 g/mol. The first kappa shape index (κ1) is 16.2. The van der Waals surface area contributed by atoms with Crippen LogP contribution in [0.5, 0.6) is 5.75 Å². The molecule has 1 aromatic carbocycles. The Morgan fingerprint density at radius 2 is 1.91 bits per heavy atom. The van der Waals surface area contributed by atoms with Crippen LogP contribution in [0.4, 0.5) is 10.2 Å². The normalized spacial score (nSPS) is 11.8. The van der Waals surface area contributed by atoms with Crippen LogP contribution in [-0.4, -0.2) is 16.1 Å². The van der Waals surface area contributed by atoms with Gasteiger partial charge in [-0.15, -0.1) is 0 Å². The van der Waals surface area contributed by atoms with Gasteiger partial charge in [0.15, 0.2) is 11.6 Å². The fraction of sp³-hybridized carbons (Fsp3) is 0.412. The number of nitrogens with zero attached hydrogens (tertiary/aromatic N) is 2. The van der Waals surface area contributed by atoms with Gasteiger partial charge in [-0.2, -0.15) is 0 Å². The molecule has 5 heteroatoms. The number of rotatable bonds is 3. The van der Waals surface area contributed by atoms with Gasteiger partial charge >= 0.3 is 0 Å². The zero-order chi connectivity index (χ0) is 16.5. The van der Waals surface area contributed by atoms with Crippen LogP contribution >= 0.6 is 0 Å². The highest BCUT2D eigenvalue weighted by atomic mass is 19.1. The smallest absolute Gasteiger partial charge is 0.165 e. The van der Waals surface area contributed by atoms with Crippen molar-refractivity contribution >= 4 is 5.82 Å². The first-order valence-corrected chi connectivity index (χ1v) is 7.28. The van der Waals surface area contributed by atoms with Crippen LogP contribution in [0, 0.1) is 5.82 Å². The quantitative estimate of drug-likeness (QED) is 0.932. The number of hydrogen-bond donors (Lipinski definition) is 1. The number of aromatic nitrogens is 2. The highest BCUT2D eigenvalue weighted by molar-refractivity contribution is 5.61. The molecule has 118 valence electrons. The van der Waals surface area contributed by atoms with Crippen molar-refractivity contribution in [1.82, 2.24) is 9.97 Å². The van der Waals surface area contributed by atoms with Crippen LogP contribution in [0.2, 0.25) is 0 Å². The summed E-state index contributed by atoms with van der Waals surface area (Å²) >= 11 is 0. The van der Waals surface area contributed by atoms with Crippen LogP contribution in [0.1, 0.15) is 40.3 Å². The molecule has 2 aromatic rings. The minimum Gasteiger partial charge on any atom is -0.488 e. The average Bonchev–Trinajstić information content (AvgIpc) is 2.40. The number of hydrogen-bond acceptors (Lipinski definition) is 4. The lowest BCUT2D eigenvalue weighted by Crippen LogP contribution is -2.17. The Labute approximate surface area is 130 Å². The molecule has 0 radical (unpaired) electrons. The Morgan fingerprint density at radius 3 is 2.45 bits per heavy atom. The van der Waals surface area contributed by atoms with Crippen molar-refractivity contribution in [2.24, 2.45) is 0 Å². The molecule has 1 aromatic heterocycles. The summed E-state index contributed by atoms with van der Waals surface area (Å²) in [5.74, 6) is 0.219. The van der Waals surface area contributed by atoms with E-state index in [-0.39, 0.29) is 17.3 Å². The zero-order valence-corrected chi connectivity index (χ0v) is 13.6. The van der Waals surface area contributed by atoms with E-state index in [1.54, 1.807) is 18.3 Å². The third-order valence-corrected chi connectivity index (χ3v) is 3.10. The Morgan fingerprint density at radius 1 is 1.23 bits per heavy atom. The highest BCUT2D eigenvalue weighted by Gasteiger charge is 2.21. The summed E-state index contributed by atoms with van der Waals surface area (Å²) in [6.45, 7) is 9.74. The molecule has 1 heterocycles. The van der Waals surface area contributed by atoms with E-state index in [2.05, 4.69) is 9.97 Å². The SMILES string of the molecule is CC(C)Oc1ccc(-c2cnc(N)c(C(C)(C)C)n2)cc1F. The lowest BCUT2D eigenvalue weighted by molar-refractivity contribution is 0.231. The van der Waals surface area contributed by atoms with Gasteiger partial charge < -0.3 is 10.5 Å². The molecular formula is C17H22FN3O. The van der Waals surface area contributed by atoms with E-state index in [0.717, 1.165) is 0 Å². The molecule has 0 aliphatic carbocycles. The van der Waals surface area contributed by atoms with Crippen molar-refractivity contribution in [2.75, 3.05) is 5.73 Å². The van der Waals surface area contributed by atoms with Gasteiger partial charge in [0.1, 0.15) is 5.82 Å². The Hall–Kier alpha value is -2.17. The van der Waals surface area contributed by atoms with E-state index >= 15 is 0 Å². The molecule has 0 aliphatic heterocycles. The summed E-state index contributed by atoms with van der Waals surface area (Å²) in [6, 6.07) is 4.79. The largest absolute Gasteiger partial charge is 0.488 e. The molecule has 22 heavy (non-hydrogen) atoms. The molecule has 2 N–H and O–H groups in total. The maximum absolute atomic E-state index is 14.1. The second-order valence-corrected chi connectivity index (χ2v) is 6.55. The van der Waals surface area contributed by atoms with Gasteiger partial charge in [0.2, 0.25) is 0 Å². The third-order valence-electron chi connectivity index (χ3n) is 3.10. The first-order valence-electron chi connectivity index (χ1n) is 7.28. The van der Waals surface area contributed by atoms with Gasteiger partial charge in [-0.05, 0) is 32.0 Å². The van der Waals surface area contributed by atoms with Crippen molar-refractivity contribution in [3.8, 4) is 17.0 Å². The summed E-state index contributed by atoms with van der Waals surface area (Å²) in [6.07, 6.45) is 1.48. The van der Waals surface area contributed by atoms with Crippen LogP contribution in [0.3, 0.4) is 0 Å². The number of nitrogen functional groups attached to an aromatic ring is 1. The van der Waals surface area contributed by atoms with E-state index in [0.29, 0.717) is 22.8 Å². The monoisotopic (exact) mass is 303 g/mol. The van der Waals surface area contributed by atoms with Crippen molar-refractivity contribution in [1.29, 1.82) is 0 Å². The number of ether oxygens (including phenoxy) is 1. The number of benzene rings is 1. The Kier molecular flexibility index (Phi) is 4.35. The lowest BCUT2D eigenvalue weighted by atomic mass is 9.91. The molecule has 0 saturated carbocycles. The molecule has 0 unspecified atom stereocenters. The molecule has 0 aliphatic rings. The lowest BCUT2D eigenvalue weighted by Gasteiger charge is -2.20. The van der Waals surface area contributed by atoms with Gasteiger partial charge in [-0.25, -0.2) is 14.4 Å². The second-order valence-electron chi connectivity index (χ2n) is 6.55. The van der Waals surface area contributed by atoms with Gasteiger partial charge in [0.05, 0.1) is 23.7 Å². The predicted octanol–water partition coefficient (Wildman–Crippen LogP) is 3.95. The highest BCUT2D eigenvalue weighted by Crippen LogP contribution is 2.29. The molecule has 0 saturated heterocycles. The van der Waals surface area contributed by atoms with Gasteiger partial charge in [0.25, 0.3) is 0 Å². The van der Waals surface area contributed by atoms with Gasteiger partial charge in [-0.3, -0.25) is 0 Å². The first-order chi connectivity index (χ1) is 10.2. The molecule has 2 rings (SSSR count). The van der Waals surface area contributed by atoms with Gasteiger partial charge in [0, 0.05) is 11.0 Å². The van der Waals surface area contributed by atoms with E-state index in [4.69, 9.17) is 10.5 Å². The molecule has 0 fully saturated rings. The van der Waals surface area contributed by atoms with E-state index in [9.17, 15) is 4.39 Å². The molecule has 0 atom stereocenters. The summed E-state index contributed by atoms with van der Waals surface area (Å²) in [4.78, 5) is 8.73. The van der Waals surface area contributed by atoms with Crippen LogP contribution in [0.25, 0.3) is 11.3 Å². The Bertz CT molecular complexity index is 678. The fourth-order valence-electron chi connectivity index (χ4n) is 2.10. The Balaban J connectivity index is 2.43. The van der Waals surface area contributed by atoms with Gasteiger partial charge in [-0.1, -0.05) is 20.8 Å². The van der Waals surface area contributed by atoms with E-state index in [1.165, 1.54) is 6.07 Å². The standard InChI is InChI=1S/C17H22FN3O/c1-10(2)22-14-7-6-11(8-12(14)18)13-9-20-16(19)15(21-13)17(3,4)5/h6-10H,1-5H3,(H2,19,20). The summed E-state index contributed by atoms with van der Waals surface area (Å²) in [7, 11) is 0. The minimum absolute atomic E-state index is 0.0795. The molecule has 0 spiro atoms. The van der Waals surface area contributed by atoms with Crippen LogP contribution < -0.4 is 10.5 Å². The van der Waals surface area contributed by atoms with Crippen molar-refractivity contribution < 1.29 is 9.13 Å². The second kappa shape index (κ2) is 5.91. The van der Waals surface area contributed by atoms with Crippen molar-refractivity contribution in [3.05, 3.63) is 35.9 Å². The molecule has 4 nitrogen and oxygen atoms in total. The topological polar surface area (TPSA) is 61.0 Å².